The molecule has 0 aliphatic rings. The maximum Gasteiger partial charge on any atom is 0.311 e. The number of benzene rings is 1. The first kappa shape index (κ1) is 46.1. The van der Waals surface area contributed by atoms with Crippen LogP contribution in [-0.4, -0.2) is 32.7 Å². The first-order chi connectivity index (χ1) is 23.8. The summed E-state index contributed by atoms with van der Waals surface area (Å²) in [6.07, 6.45) is 26.4. The van der Waals surface area contributed by atoms with Crippen LogP contribution in [0.1, 0.15) is 200 Å². The lowest BCUT2D eigenvalue weighted by molar-refractivity contribution is -0.137. The molecule has 290 valence electrons. The number of hydrogen-bond acceptors (Lipinski definition) is 8. The molecule has 2 unspecified atom stereocenters. The van der Waals surface area contributed by atoms with E-state index in [4.69, 9.17) is 19.4 Å². The summed E-state index contributed by atoms with van der Waals surface area (Å²) in [6, 6.07) is 3.97. The smallest absolute Gasteiger partial charge is 0.311 e. The van der Waals surface area contributed by atoms with Gasteiger partial charge in [-0.2, -0.15) is 8.42 Å². The molecular weight excluding hydrogens is 651 g/mol. The molecule has 0 spiro atoms. The Morgan fingerprint density at radius 1 is 0.620 bits per heavy atom. The highest BCUT2D eigenvalue weighted by molar-refractivity contribution is 7.86. The third-order valence-corrected chi connectivity index (χ3v) is 9.87. The fourth-order valence-corrected chi connectivity index (χ4v) is 6.65. The molecule has 1 aromatic carbocycles. The average Bonchev–Trinajstić information content (AvgIpc) is 3.04. The summed E-state index contributed by atoms with van der Waals surface area (Å²) in [7, 11) is -3.87. The Bertz CT molecular complexity index is 1160. The van der Waals surface area contributed by atoms with Crippen molar-refractivity contribution in [2.24, 2.45) is 11.1 Å². The molecular formula is C41H73NO7S. The predicted octanol–water partition coefficient (Wildman–Crippen LogP) is 11.3. The van der Waals surface area contributed by atoms with Crippen molar-refractivity contribution in [3.63, 3.8) is 0 Å². The molecule has 0 amide bonds. The second kappa shape index (κ2) is 26.8. The maximum absolute atomic E-state index is 13.0. The SMILES string of the molecule is CCCCCCCCCCCCCC(=O)Oc1ccc(C(OS(C)(=O)=O)C(N)C(C)(C)C)cc1OC(=O)CCCCCCCCCCCCC. The van der Waals surface area contributed by atoms with Gasteiger partial charge in [-0.25, -0.2) is 0 Å². The summed E-state index contributed by atoms with van der Waals surface area (Å²) in [5, 5.41) is 0. The first-order valence-corrected chi connectivity index (χ1v) is 21.8. The Hall–Kier alpha value is -1.97. The fourth-order valence-electron chi connectivity index (χ4n) is 6.05. The van der Waals surface area contributed by atoms with Crippen LogP contribution in [0, 0.1) is 5.41 Å². The number of rotatable bonds is 30. The van der Waals surface area contributed by atoms with Crippen LogP contribution in [0.3, 0.4) is 0 Å². The number of hydrogen-bond donors (Lipinski definition) is 1. The first-order valence-electron chi connectivity index (χ1n) is 20.0. The molecule has 0 fully saturated rings. The van der Waals surface area contributed by atoms with Crippen LogP contribution in [0.25, 0.3) is 0 Å². The zero-order valence-corrected chi connectivity index (χ0v) is 33.5. The minimum atomic E-state index is -3.87. The lowest BCUT2D eigenvalue weighted by atomic mass is 9.82. The quantitative estimate of drug-likeness (QED) is 0.0360. The molecule has 2 atom stereocenters. The normalized spacial score (nSPS) is 13.3. The second-order valence-electron chi connectivity index (χ2n) is 15.3. The predicted molar refractivity (Wildman–Crippen MR) is 206 cm³/mol. The van der Waals surface area contributed by atoms with Crippen molar-refractivity contribution in [2.45, 2.75) is 201 Å². The molecule has 0 bridgehead atoms. The molecule has 0 saturated heterocycles. The van der Waals surface area contributed by atoms with E-state index in [-0.39, 0.29) is 24.3 Å². The van der Waals surface area contributed by atoms with Crippen LogP contribution in [0.2, 0.25) is 0 Å². The van der Waals surface area contributed by atoms with Crippen molar-refractivity contribution in [1.29, 1.82) is 0 Å². The van der Waals surface area contributed by atoms with E-state index in [2.05, 4.69) is 13.8 Å². The zero-order valence-electron chi connectivity index (χ0n) is 32.7. The number of nitrogens with two attached hydrogens (primary N) is 1. The Morgan fingerprint density at radius 2 is 0.980 bits per heavy atom. The number of unbranched alkanes of at least 4 members (excludes halogenated alkanes) is 20. The topological polar surface area (TPSA) is 122 Å². The lowest BCUT2D eigenvalue weighted by Crippen LogP contribution is -2.42. The molecule has 2 N–H and O–H groups in total. The molecule has 0 heterocycles. The van der Waals surface area contributed by atoms with Gasteiger partial charge < -0.3 is 15.2 Å². The van der Waals surface area contributed by atoms with Crippen LogP contribution < -0.4 is 15.2 Å². The van der Waals surface area contributed by atoms with Gasteiger partial charge >= 0.3 is 11.9 Å². The van der Waals surface area contributed by atoms with Gasteiger partial charge in [-0.15, -0.1) is 0 Å². The van der Waals surface area contributed by atoms with E-state index in [0.29, 0.717) is 12.0 Å². The average molecular weight is 724 g/mol. The monoisotopic (exact) mass is 724 g/mol. The van der Waals surface area contributed by atoms with E-state index in [1.54, 1.807) is 6.07 Å². The van der Waals surface area contributed by atoms with Crippen LogP contribution >= 0.6 is 0 Å². The summed E-state index contributed by atoms with van der Waals surface area (Å²) in [5.74, 6) is -0.643. The Labute approximate surface area is 306 Å². The number of esters is 2. The highest BCUT2D eigenvalue weighted by Crippen LogP contribution is 2.37. The van der Waals surface area contributed by atoms with Gasteiger partial charge in [0.25, 0.3) is 10.1 Å². The number of ether oxygens (including phenoxy) is 2. The van der Waals surface area contributed by atoms with Gasteiger partial charge in [-0.05, 0) is 36.0 Å². The van der Waals surface area contributed by atoms with Crippen molar-refractivity contribution in [3.05, 3.63) is 23.8 Å². The van der Waals surface area contributed by atoms with E-state index >= 15 is 0 Å². The van der Waals surface area contributed by atoms with E-state index in [1.807, 2.05) is 20.8 Å². The summed E-state index contributed by atoms with van der Waals surface area (Å²) in [6.45, 7) is 10.2. The van der Waals surface area contributed by atoms with Crippen LogP contribution in [0.4, 0.5) is 0 Å². The van der Waals surface area contributed by atoms with Gasteiger partial charge in [0.05, 0.1) is 6.26 Å². The fraction of sp³-hybridized carbons (Fsp3) is 0.805. The van der Waals surface area contributed by atoms with E-state index in [0.717, 1.165) is 38.4 Å². The van der Waals surface area contributed by atoms with Crippen molar-refractivity contribution in [1.82, 2.24) is 0 Å². The zero-order chi connectivity index (χ0) is 37.3. The summed E-state index contributed by atoms with van der Waals surface area (Å²) >= 11 is 0. The molecule has 0 aliphatic carbocycles. The van der Waals surface area contributed by atoms with E-state index < -0.39 is 39.6 Å². The Balaban J connectivity index is 2.81. The Kier molecular flexibility index (Phi) is 24.6. The summed E-state index contributed by atoms with van der Waals surface area (Å²) in [4.78, 5) is 25.8. The van der Waals surface area contributed by atoms with Crippen LogP contribution in [0.15, 0.2) is 18.2 Å². The number of carbonyl (C=O) groups is 2. The molecule has 50 heavy (non-hydrogen) atoms. The maximum atomic E-state index is 13.0. The Morgan fingerprint density at radius 3 is 1.34 bits per heavy atom. The van der Waals surface area contributed by atoms with Crippen molar-refractivity contribution >= 4 is 22.1 Å². The van der Waals surface area contributed by atoms with Gasteiger partial charge in [0.1, 0.15) is 6.10 Å². The van der Waals surface area contributed by atoms with E-state index in [9.17, 15) is 18.0 Å². The minimum absolute atomic E-state index is 0.0612. The molecule has 0 aliphatic heterocycles. The largest absolute Gasteiger partial charge is 0.423 e. The van der Waals surface area contributed by atoms with Gasteiger partial charge in [0, 0.05) is 18.9 Å². The minimum Gasteiger partial charge on any atom is -0.423 e. The van der Waals surface area contributed by atoms with Crippen molar-refractivity contribution in [2.75, 3.05) is 6.26 Å². The van der Waals surface area contributed by atoms with Crippen LogP contribution in [-0.2, 0) is 23.9 Å². The third kappa shape index (κ3) is 22.8. The van der Waals surface area contributed by atoms with Crippen molar-refractivity contribution in [3.8, 4) is 11.5 Å². The summed E-state index contributed by atoms with van der Waals surface area (Å²) in [5.41, 5.74) is 6.42. The molecule has 0 radical (unpaired) electrons. The lowest BCUT2D eigenvalue weighted by Gasteiger charge is -2.33. The molecule has 0 aromatic heterocycles. The molecule has 1 aromatic rings. The molecule has 8 nitrogen and oxygen atoms in total. The highest BCUT2D eigenvalue weighted by atomic mass is 32.2. The summed E-state index contributed by atoms with van der Waals surface area (Å²) < 4.78 is 41.4. The molecule has 1 rings (SSSR count). The van der Waals surface area contributed by atoms with Gasteiger partial charge in [-0.1, -0.05) is 169 Å². The third-order valence-electron chi connectivity index (χ3n) is 9.32. The highest BCUT2D eigenvalue weighted by Gasteiger charge is 2.34. The van der Waals surface area contributed by atoms with Crippen LogP contribution in [0.5, 0.6) is 11.5 Å². The second-order valence-corrected chi connectivity index (χ2v) is 16.9. The van der Waals surface area contributed by atoms with Gasteiger partial charge in [0.2, 0.25) is 0 Å². The van der Waals surface area contributed by atoms with Crippen molar-refractivity contribution < 1.29 is 31.7 Å². The van der Waals surface area contributed by atoms with Gasteiger partial charge in [0.15, 0.2) is 11.5 Å². The molecule has 0 saturated carbocycles. The van der Waals surface area contributed by atoms with E-state index in [1.165, 1.54) is 115 Å². The number of carbonyl (C=O) groups excluding carboxylic acids is 2. The standard InChI is InChI=1S/C41H73NO7S/c1-7-9-11-13-15-17-19-21-23-25-27-29-37(43)47-35-32-31-34(39(49-50(6,45)46)40(42)41(3,4)5)33-36(35)48-38(44)30-28-26-24-22-20-18-16-14-12-10-8-2/h31-33,39-40H,7-30,42H2,1-6H3. The van der Waals surface area contributed by atoms with Gasteiger partial charge in [-0.3, -0.25) is 13.8 Å². The molecule has 9 heteroatoms.